The molecule has 0 aliphatic carbocycles. The van der Waals surface area contributed by atoms with Crippen LogP contribution in [0.25, 0.3) is 0 Å². The average molecular weight is 413 g/mol. The van der Waals surface area contributed by atoms with Crippen molar-refractivity contribution in [3.63, 3.8) is 0 Å². The van der Waals surface area contributed by atoms with Crippen LogP contribution in [0.4, 0.5) is 5.69 Å². The molecule has 6 nitrogen and oxygen atoms in total. The second-order valence-electron chi connectivity index (χ2n) is 7.06. The van der Waals surface area contributed by atoms with Crippen molar-refractivity contribution in [2.75, 3.05) is 26.0 Å². The van der Waals surface area contributed by atoms with E-state index in [0.29, 0.717) is 6.54 Å². The standard InChI is InChI=1S/C22H24N2O4S/c1-23(2)18-11-9-17(10-12-18)15-24(3)22(25)21-14-13-19(28-21)16-29(26,27)20-7-5-4-6-8-20/h4-14H,15-16H2,1-3H3. The summed E-state index contributed by atoms with van der Waals surface area (Å²) in [5.41, 5.74) is 2.07. The molecule has 0 atom stereocenters. The number of furan rings is 1. The van der Waals surface area contributed by atoms with Crippen LogP contribution in [0.5, 0.6) is 0 Å². The summed E-state index contributed by atoms with van der Waals surface area (Å²) in [5.74, 6) is -0.235. The molecule has 2 aromatic carbocycles. The lowest BCUT2D eigenvalue weighted by Crippen LogP contribution is -2.25. The van der Waals surface area contributed by atoms with E-state index in [9.17, 15) is 13.2 Å². The van der Waals surface area contributed by atoms with Crippen molar-refractivity contribution in [1.82, 2.24) is 4.90 Å². The number of anilines is 1. The first-order valence-corrected chi connectivity index (χ1v) is 10.8. The molecule has 0 spiro atoms. The van der Waals surface area contributed by atoms with Crippen LogP contribution in [0.3, 0.4) is 0 Å². The monoisotopic (exact) mass is 412 g/mol. The molecule has 0 aliphatic heterocycles. The molecule has 3 aromatic rings. The van der Waals surface area contributed by atoms with Crippen molar-refractivity contribution in [2.45, 2.75) is 17.2 Å². The van der Waals surface area contributed by atoms with E-state index in [2.05, 4.69) is 0 Å². The van der Waals surface area contributed by atoms with Gasteiger partial charge in [0.1, 0.15) is 11.5 Å². The lowest BCUT2D eigenvalue weighted by atomic mass is 10.2. The van der Waals surface area contributed by atoms with E-state index in [1.54, 1.807) is 42.3 Å². The van der Waals surface area contributed by atoms with Crippen molar-refractivity contribution in [3.05, 3.63) is 83.8 Å². The number of sulfone groups is 1. The van der Waals surface area contributed by atoms with Gasteiger partial charge in [-0.15, -0.1) is 0 Å². The Hall–Kier alpha value is -3.06. The lowest BCUT2D eigenvalue weighted by Gasteiger charge is -2.17. The quantitative estimate of drug-likeness (QED) is 0.593. The van der Waals surface area contributed by atoms with E-state index in [1.807, 2.05) is 43.3 Å². The molecule has 0 bridgehead atoms. The molecule has 3 rings (SSSR count). The highest BCUT2D eigenvalue weighted by atomic mass is 32.2. The number of carbonyl (C=O) groups excluding carboxylic acids is 1. The molecule has 29 heavy (non-hydrogen) atoms. The van der Waals surface area contributed by atoms with E-state index >= 15 is 0 Å². The number of hydrogen-bond donors (Lipinski definition) is 0. The molecule has 1 aromatic heterocycles. The summed E-state index contributed by atoms with van der Waals surface area (Å²) in [6, 6.07) is 19.2. The third kappa shape index (κ3) is 5.06. The molecule has 0 radical (unpaired) electrons. The number of hydrogen-bond acceptors (Lipinski definition) is 5. The third-order valence-electron chi connectivity index (χ3n) is 4.53. The molecule has 0 N–H and O–H groups in total. The minimum atomic E-state index is -3.53. The molecule has 1 amide bonds. The van der Waals surface area contributed by atoms with Crippen LogP contribution >= 0.6 is 0 Å². The molecule has 0 aliphatic rings. The minimum absolute atomic E-state index is 0.121. The lowest BCUT2D eigenvalue weighted by molar-refractivity contribution is 0.0752. The molecule has 0 unspecified atom stereocenters. The van der Waals surface area contributed by atoms with Crippen LogP contribution in [0, 0.1) is 0 Å². The number of amides is 1. The summed E-state index contributed by atoms with van der Waals surface area (Å²) in [6.07, 6.45) is 0. The predicted molar refractivity (Wildman–Crippen MR) is 113 cm³/mol. The van der Waals surface area contributed by atoms with Crippen molar-refractivity contribution in [3.8, 4) is 0 Å². The van der Waals surface area contributed by atoms with Crippen LogP contribution < -0.4 is 4.90 Å². The second kappa shape index (κ2) is 8.53. The van der Waals surface area contributed by atoms with Gasteiger partial charge in [0.15, 0.2) is 15.6 Å². The van der Waals surface area contributed by atoms with Gasteiger partial charge in [0, 0.05) is 33.4 Å². The fourth-order valence-corrected chi connectivity index (χ4v) is 4.17. The van der Waals surface area contributed by atoms with E-state index < -0.39 is 9.84 Å². The summed E-state index contributed by atoms with van der Waals surface area (Å²) in [4.78, 5) is 16.4. The smallest absolute Gasteiger partial charge is 0.289 e. The van der Waals surface area contributed by atoms with Gasteiger partial charge in [-0.2, -0.15) is 0 Å². The SMILES string of the molecule is CN(Cc1ccc(N(C)C)cc1)C(=O)c1ccc(CS(=O)(=O)c2ccccc2)o1. The molecule has 0 fully saturated rings. The van der Waals surface area contributed by atoms with Gasteiger partial charge in [0.05, 0.1) is 4.90 Å². The Kier molecular flexibility index (Phi) is 6.08. The molecule has 0 saturated carbocycles. The van der Waals surface area contributed by atoms with E-state index in [1.165, 1.54) is 12.1 Å². The normalized spacial score (nSPS) is 11.3. The van der Waals surface area contributed by atoms with Gasteiger partial charge < -0.3 is 14.2 Å². The Balaban J connectivity index is 1.67. The van der Waals surface area contributed by atoms with Gasteiger partial charge in [0.2, 0.25) is 0 Å². The minimum Gasteiger partial charge on any atom is -0.455 e. The third-order valence-corrected chi connectivity index (χ3v) is 6.18. The summed E-state index contributed by atoms with van der Waals surface area (Å²) in [5, 5.41) is 0. The summed E-state index contributed by atoms with van der Waals surface area (Å²) < 4.78 is 30.5. The summed E-state index contributed by atoms with van der Waals surface area (Å²) >= 11 is 0. The van der Waals surface area contributed by atoms with Crippen LogP contribution in [0.1, 0.15) is 21.9 Å². The number of nitrogens with zero attached hydrogens (tertiary/aromatic N) is 2. The van der Waals surface area contributed by atoms with Gasteiger partial charge >= 0.3 is 0 Å². The van der Waals surface area contributed by atoms with Gasteiger partial charge in [-0.25, -0.2) is 8.42 Å². The maximum absolute atomic E-state index is 12.6. The van der Waals surface area contributed by atoms with Crippen LogP contribution in [-0.2, 0) is 22.1 Å². The van der Waals surface area contributed by atoms with Crippen molar-refractivity contribution in [2.24, 2.45) is 0 Å². The maximum atomic E-state index is 12.6. The second-order valence-corrected chi connectivity index (χ2v) is 9.05. The summed E-state index contributed by atoms with van der Waals surface area (Å²) in [6.45, 7) is 0.422. The highest BCUT2D eigenvalue weighted by molar-refractivity contribution is 7.90. The topological polar surface area (TPSA) is 70.8 Å². The van der Waals surface area contributed by atoms with Gasteiger partial charge in [0.25, 0.3) is 5.91 Å². The highest BCUT2D eigenvalue weighted by Gasteiger charge is 2.21. The van der Waals surface area contributed by atoms with E-state index in [0.717, 1.165) is 11.3 Å². The molecule has 152 valence electrons. The highest BCUT2D eigenvalue weighted by Crippen LogP contribution is 2.19. The largest absolute Gasteiger partial charge is 0.455 e. The Morgan fingerprint density at radius 2 is 1.55 bits per heavy atom. The summed E-state index contributed by atoms with van der Waals surface area (Å²) in [7, 11) is 2.10. The van der Waals surface area contributed by atoms with Gasteiger partial charge in [-0.3, -0.25) is 4.79 Å². The van der Waals surface area contributed by atoms with Crippen LogP contribution in [0.2, 0.25) is 0 Å². The van der Waals surface area contributed by atoms with Crippen molar-refractivity contribution in [1.29, 1.82) is 0 Å². The average Bonchev–Trinajstić information content (AvgIpc) is 3.16. The molecule has 1 heterocycles. The maximum Gasteiger partial charge on any atom is 0.289 e. The Morgan fingerprint density at radius 1 is 0.897 bits per heavy atom. The fourth-order valence-electron chi connectivity index (χ4n) is 2.90. The zero-order valence-corrected chi connectivity index (χ0v) is 17.5. The number of carbonyl (C=O) groups is 1. The van der Waals surface area contributed by atoms with Crippen molar-refractivity contribution >= 4 is 21.4 Å². The first kappa shape index (κ1) is 20.7. The number of rotatable bonds is 7. The Labute approximate surface area is 171 Å². The van der Waals surface area contributed by atoms with Gasteiger partial charge in [-0.1, -0.05) is 30.3 Å². The molecular formula is C22H24N2O4S. The van der Waals surface area contributed by atoms with E-state index in [-0.39, 0.29) is 28.1 Å². The zero-order valence-electron chi connectivity index (χ0n) is 16.7. The molecular weight excluding hydrogens is 388 g/mol. The van der Waals surface area contributed by atoms with Crippen LogP contribution in [-0.4, -0.2) is 40.4 Å². The predicted octanol–water partition coefficient (Wildman–Crippen LogP) is 3.59. The van der Waals surface area contributed by atoms with Crippen LogP contribution in [0.15, 0.2) is 76.0 Å². The number of benzene rings is 2. The Bertz CT molecular complexity index is 1070. The van der Waals surface area contributed by atoms with E-state index in [4.69, 9.17) is 4.42 Å². The first-order chi connectivity index (χ1) is 13.8. The zero-order chi connectivity index (χ0) is 21.0. The fraction of sp³-hybridized carbons (Fsp3) is 0.227. The first-order valence-electron chi connectivity index (χ1n) is 9.14. The molecule has 7 heteroatoms. The van der Waals surface area contributed by atoms with Crippen molar-refractivity contribution < 1.29 is 17.6 Å². The van der Waals surface area contributed by atoms with Gasteiger partial charge in [-0.05, 0) is 42.0 Å². The Morgan fingerprint density at radius 3 is 2.17 bits per heavy atom. The molecule has 0 saturated heterocycles.